The SMILES string of the molecule is NC(CO)c1ccccc1Cl. The van der Waals surface area contributed by atoms with Gasteiger partial charge in [-0.15, -0.1) is 0 Å². The smallest absolute Gasteiger partial charge is 0.0624 e. The van der Waals surface area contributed by atoms with E-state index in [0.29, 0.717) is 5.02 Å². The molecule has 3 N–H and O–H groups in total. The molecule has 3 heteroatoms. The Balaban J connectivity index is 2.93. The van der Waals surface area contributed by atoms with E-state index in [1.54, 1.807) is 6.07 Å². The summed E-state index contributed by atoms with van der Waals surface area (Å²) >= 11 is 5.81. The number of rotatable bonds is 2. The first-order valence-electron chi connectivity index (χ1n) is 3.36. The molecule has 1 aromatic carbocycles. The zero-order valence-electron chi connectivity index (χ0n) is 6.00. The maximum absolute atomic E-state index is 8.73. The summed E-state index contributed by atoms with van der Waals surface area (Å²) in [7, 11) is 0. The third kappa shape index (κ3) is 1.93. The average Bonchev–Trinajstić information content (AvgIpc) is 2.04. The standard InChI is InChI=1S/C8H10ClNO/c9-7-4-2-1-3-6(7)8(10)5-11/h1-4,8,11H,5,10H2. The van der Waals surface area contributed by atoms with Crippen LogP contribution >= 0.6 is 11.6 Å². The van der Waals surface area contributed by atoms with Crippen LogP contribution in [0.25, 0.3) is 0 Å². The second-order valence-electron chi connectivity index (χ2n) is 2.31. The molecule has 0 fully saturated rings. The topological polar surface area (TPSA) is 46.2 Å². The molecule has 0 heterocycles. The molecule has 1 rings (SSSR count). The number of aliphatic hydroxyl groups excluding tert-OH is 1. The molecule has 0 aliphatic heterocycles. The third-order valence-electron chi connectivity index (χ3n) is 1.50. The Morgan fingerprint density at radius 2 is 2.09 bits per heavy atom. The summed E-state index contributed by atoms with van der Waals surface area (Å²) in [6, 6.07) is 6.87. The Labute approximate surface area is 70.6 Å². The van der Waals surface area contributed by atoms with Crippen molar-refractivity contribution in [3.05, 3.63) is 34.9 Å². The predicted octanol–water partition coefficient (Wildman–Crippen LogP) is 1.33. The molecule has 2 nitrogen and oxygen atoms in total. The van der Waals surface area contributed by atoms with Crippen molar-refractivity contribution < 1.29 is 5.11 Å². The molecule has 11 heavy (non-hydrogen) atoms. The van der Waals surface area contributed by atoms with Crippen LogP contribution in [0.3, 0.4) is 0 Å². The van der Waals surface area contributed by atoms with Crippen LogP contribution in [0.15, 0.2) is 24.3 Å². The molecule has 0 amide bonds. The molecule has 0 radical (unpaired) electrons. The molecular formula is C8H10ClNO. The van der Waals surface area contributed by atoms with Gasteiger partial charge >= 0.3 is 0 Å². The van der Waals surface area contributed by atoms with Crippen LogP contribution < -0.4 is 5.73 Å². The van der Waals surface area contributed by atoms with E-state index in [2.05, 4.69) is 0 Å². The first kappa shape index (κ1) is 8.53. The van der Waals surface area contributed by atoms with Gasteiger partial charge < -0.3 is 10.8 Å². The van der Waals surface area contributed by atoms with Gasteiger partial charge in [0.2, 0.25) is 0 Å². The van der Waals surface area contributed by atoms with Crippen LogP contribution in [0.5, 0.6) is 0 Å². The molecule has 1 aromatic rings. The quantitative estimate of drug-likeness (QED) is 0.706. The summed E-state index contributed by atoms with van der Waals surface area (Å²) in [6.07, 6.45) is 0. The van der Waals surface area contributed by atoms with Crippen LogP contribution in [-0.2, 0) is 0 Å². The van der Waals surface area contributed by atoms with E-state index >= 15 is 0 Å². The van der Waals surface area contributed by atoms with Gasteiger partial charge in [-0.25, -0.2) is 0 Å². The van der Waals surface area contributed by atoms with Crippen molar-refractivity contribution >= 4 is 11.6 Å². The van der Waals surface area contributed by atoms with Crippen LogP contribution in [0, 0.1) is 0 Å². The lowest BCUT2D eigenvalue weighted by atomic mass is 10.1. The number of hydrogen-bond acceptors (Lipinski definition) is 2. The molecule has 0 spiro atoms. The highest BCUT2D eigenvalue weighted by molar-refractivity contribution is 6.31. The minimum atomic E-state index is -0.372. The van der Waals surface area contributed by atoms with Crippen molar-refractivity contribution in [2.75, 3.05) is 6.61 Å². The summed E-state index contributed by atoms with van der Waals surface area (Å²) in [5.74, 6) is 0. The lowest BCUT2D eigenvalue weighted by molar-refractivity contribution is 0.268. The van der Waals surface area contributed by atoms with Gasteiger partial charge in [0.15, 0.2) is 0 Å². The second-order valence-corrected chi connectivity index (χ2v) is 2.72. The third-order valence-corrected chi connectivity index (χ3v) is 1.85. The van der Waals surface area contributed by atoms with E-state index in [9.17, 15) is 0 Å². The van der Waals surface area contributed by atoms with Crippen molar-refractivity contribution in [3.63, 3.8) is 0 Å². The van der Waals surface area contributed by atoms with Crippen molar-refractivity contribution in [1.82, 2.24) is 0 Å². The van der Waals surface area contributed by atoms with E-state index in [1.165, 1.54) is 0 Å². The first-order valence-corrected chi connectivity index (χ1v) is 3.74. The van der Waals surface area contributed by atoms with Crippen LogP contribution in [0.2, 0.25) is 5.02 Å². The lowest BCUT2D eigenvalue weighted by Crippen LogP contribution is -2.14. The summed E-state index contributed by atoms with van der Waals surface area (Å²) in [4.78, 5) is 0. The van der Waals surface area contributed by atoms with E-state index < -0.39 is 0 Å². The fraction of sp³-hybridized carbons (Fsp3) is 0.250. The maximum atomic E-state index is 8.73. The highest BCUT2D eigenvalue weighted by Crippen LogP contribution is 2.19. The minimum Gasteiger partial charge on any atom is -0.394 e. The molecule has 0 bridgehead atoms. The van der Waals surface area contributed by atoms with Gasteiger partial charge in [-0.1, -0.05) is 29.8 Å². The Morgan fingerprint density at radius 3 is 2.64 bits per heavy atom. The van der Waals surface area contributed by atoms with Crippen molar-refractivity contribution in [1.29, 1.82) is 0 Å². The maximum Gasteiger partial charge on any atom is 0.0624 e. The Bertz CT molecular complexity index is 239. The van der Waals surface area contributed by atoms with E-state index in [-0.39, 0.29) is 12.6 Å². The molecule has 0 aliphatic rings. The van der Waals surface area contributed by atoms with Crippen LogP contribution in [-0.4, -0.2) is 11.7 Å². The molecule has 0 saturated heterocycles. The number of aliphatic hydroxyl groups is 1. The zero-order valence-corrected chi connectivity index (χ0v) is 6.75. The van der Waals surface area contributed by atoms with Gasteiger partial charge in [0.05, 0.1) is 12.6 Å². The largest absolute Gasteiger partial charge is 0.394 e. The molecule has 1 unspecified atom stereocenters. The van der Waals surface area contributed by atoms with Crippen LogP contribution in [0.4, 0.5) is 0 Å². The molecule has 0 aliphatic carbocycles. The molecule has 0 aromatic heterocycles. The van der Waals surface area contributed by atoms with Crippen LogP contribution in [0.1, 0.15) is 11.6 Å². The lowest BCUT2D eigenvalue weighted by Gasteiger charge is -2.09. The fourth-order valence-corrected chi connectivity index (χ4v) is 1.15. The summed E-state index contributed by atoms with van der Waals surface area (Å²) in [6.45, 7) is -0.0796. The predicted molar refractivity (Wildman–Crippen MR) is 45.5 cm³/mol. The van der Waals surface area contributed by atoms with Gasteiger partial charge in [-0.2, -0.15) is 0 Å². The van der Waals surface area contributed by atoms with E-state index in [4.69, 9.17) is 22.4 Å². The van der Waals surface area contributed by atoms with Crippen molar-refractivity contribution in [3.8, 4) is 0 Å². The van der Waals surface area contributed by atoms with Crippen molar-refractivity contribution in [2.45, 2.75) is 6.04 Å². The minimum absolute atomic E-state index is 0.0796. The number of halogens is 1. The fourth-order valence-electron chi connectivity index (χ4n) is 0.874. The Hall–Kier alpha value is -0.570. The summed E-state index contributed by atoms with van der Waals surface area (Å²) in [5.41, 5.74) is 6.35. The molecule has 0 saturated carbocycles. The van der Waals surface area contributed by atoms with Gasteiger partial charge in [0, 0.05) is 5.02 Å². The molecule has 1 atom stereocenters. The molecular weight excluding hydrogens is 162 g/mol. The number of nitrogens with two attached hydrogens (primary N) is 1. The van der Waals surface area contributed by atoms with Gasteiger partial charge in [0.1, 0.15) is 0 Å². The second kappa shape index (κ2) is 3.72. The van der Waals surface area contributed by atoms with Gasteiger partial charge in [0.25, 0.3) is 0 Å². The first-order chi connectivity index (χ1) is 5.25. The number of hydrogen-bond donors (Lipinski definition) is 2. The normalized spacial score (nSPS) is 13.0. The zero-order chi connectivity index (χ0) is 8.27. The van der Waals surface area contributed by atoms with E-state index in [1.807, 2.05) is 18.2 Å². The monoisotopic (exact) mass is 171 g/mol. The average molecular weight is 172 g/mol. The highest BCUT2D eigenvalue weighted by Gasteiger charge is 2.06. The van der Waals surface area contributed by atoms with Gasteiger partial charge in [-0.3, -0.25) is 0 Å². The van der Waals surface area contributed by atoms with Crippen molar-refractivity contribution in [2.24, 2.45) is 5.73 Å². The summed E-state index contributed by atoms with van der Waals surface area (Å²) < 4.78 is 0. The van der Waals surface area contributed by atoms with E-state index in [0.717, 1.165) is 5.56 Å². The highest BCUT2D eigenvalue weighted by atomic mass is 35.5. The Kier molecular flexibility index (Phi) is 2.88. The number of benzene rings is 1. The van der Waals surface area contributed by atoms with Gasteiger partial charge in [-0.05, 0) is 11.6 Å². The molecule has 60 valence electrons. The Morgan fingerprint density at radius 1 is 1.45 bits per heavy atom. The summed E-state index contributed by atoms with van der Waals surface area (Å²) in [5, 5.41) is 9.33.